The van der Waals surface area contributed by atoms with Gasteiger partial charge >= 0.3 is 0 Å². The molecular weight excluding hydrogens is 160 g/mol. The summed E-state index contributed by atoms with van der Waals surface area (Å²) in [6.45, 7) is 5.90. The van der Waals surface area contributed by atoms with Crippen LogP contribution in [0, 0.1) is 11.3 Å². The van der Waals surface area contributed by atoms with E-state index in [1.54, 1.807) is 0 Å². The average molecular weight is 182 g/mol. The first-order chi connectivity index (χ1) is 6.08. The summed E-state index contributed by atoms with van der Waals surface area (Å²) < 4.78 is 0. The Labute approximate surface area is 81.4 Å². The van der Waals surface area contributed by atoms with Crippen LogP contribution >= 0.6 is 0 Å². The van der Waals surface area contributed by atoms with Crippen LogP contribution in [-0.4, -0.2) is 17.6 Å². The van der Waals surface area contributed by atoms with Crippen molar-refractivity contribution in [1.29, 1.82) is 0 Å². The summed E-state index contributed by atoms with van der Waals surface area (Å²) in [6.07, 6.45) is 6.82. The van der Waals surface area contributed by atoms with Gasteiger partial charge < -0.3 is 0 Å². The molecule has 1 saturated heterocycles. The van der Waals surface area contributed by atoms with E-state index in [1.807, 2.05) is 0 Å². The van der Waals surface area contributed by atoms with Gasteiger partial charge in [-0.1, -0.05) is 20.3 Å². The maximum Gasteiger partial charge on any atom is 0.0274 e. The van der Waals surface area contributed by atoms with E-state index in [4.69, 9.17) is 5.84 Å². The lowest BCUT2D eigenvalue weighted by molar-refractivity contribution is 0.171. The van der Waals surface area contributed by atoms with Gasteiger partial charge in [0.1, 0.15) is 0 Å². The van der Waals surface area contributed by atoms with Gasteiger partial charge in [0.15, 0.2) is 0 Å². The number of hydrogen-bond donors (Lipinski definition) is 1. The Kier molecular flexibility index (Phi) is 2.37. The maximum atomic E-state index is 6.01. The van der Waals surface area contributed by atoms with Crippen molar-refractivity contribution in [2.45, 2.75) is 52.0 Å². The molecule has 76 valence electrons. The third kappa shape index (κ3) is 1.89. The fourth-order valence-corrected chi connectivity index (χ4v) is 3.08. The van der Waals surface area contributed by atoms with Crippen LogP contribution in [-0.2, 0) is 0 Å². The van der Waals surface area contributed by atoms with Crippen molar-refractivity contribution in [2.24, 2.45) is 17.2 Å². The molecule has 2 aliphatic rings. The predicted octanol–water partition coefficient (Wildman–Crippen LogP) is 2.15. The Hall–Kier alpha value is -0.0800. The third-order valence-electron chi connectivity index (χ3n) is 3.92. The minimum absolute atomic E-state index is 0.515. The Balaban J connectivity index is 2.09. The summed E-state index contributed by atoms with van der Waals surface area (Å²) in [4.78, 5) is 0. The normalized spacial score (nSPS) is 39.9. The lowest BCUT2D eigenvalue weighted by Crippen LogP contribution is -2.40. The zero-order valence-corrected chi connectivity index (χ0v) is 8.92. The van der Waals surface area contributed by atoms with Gasteiger partial charge in [-0.05, 0) is 37.0 Å². The first-order valence-corrected chi connectivity index (χ1v) is 5.60. The minimum Gasteiger partial charge on any atom is -0.269 e. The molecule has 2 atom stereocenters. The molecule has 0 radical (unpaired) electrons. The zero-order chi connectivity index (χ0) is 9.47. The van der Waals surface area contributed by atoms with Gasteiger partial charge in [-0.2, -0.15) is 0 Å². The Morgan fingerprint density at radius 3 is 2.85 bits per heavy atom. The number of hydrazine groups is 1. The number of nitrogens with two attached hydrogens (primary N) is 1. The van der Waals surface area contributed by atoms with Crippen LogP contribution in [0.2, 0.25) is 0 Å². The van der Waals surface area contributed by atoms with Gasteiger partial charge in [0.25, 0.3) is 0 Å². The molecule has 1 saturated carbocycles. The molecular formula is C11H22N2. The van der Waals surface area contributed by atoms with Gasteiger partial charge in [-0.15, -0.1) is 0 Å². The van der Waals surface area contributed by atoms with E-state index < -0.39 is 0 Å². The van der Waals surface area contributed by atoms with Crippen LogP contribution in [0.1, 0.15) is 46.0 Å². The van der Waals surface area contributed by atoms with Gasteiger partial charge in [0.2, 0.25) is 0 Å². The highest BCUT2D eigenvalue weighted by atomic mass is 15.4. The molecule has 2 nitrogen and oxygen atoms in total. The van der Waals surface area contributed by atoms with Gasteiger partial charge in [-0.25, -0.2) is 5.01 Å². The van der Waals surface area contributed by atoms with Crippen LogP contribution in [0.3, 0.4) is 0 Å². The standard InChI is InChI=1S/C11H22N2/c1-11(2)6-3-4-9-5-7-13(12)10(9)8-11/h9-10H,3-8,12H2,1-2H3. The van der Waals surface area contributed by atoms with Crippen LogP contribution in [0.15, 0.2) is 0 Å². The van der Waals surface area contributed by atoms with Gasteiger partial charge in [0, 0.05) is 12.6 Å². The van der Waals surface area contributed by atoms with E-state index in [2.05, 4.69) is 18.9 Å². The summed E-state index contributed by atoms with van der Waals surface area (Å²) in [5.41, 5.74) is 0.515. The number of fused-ring (bicyclic) bond motifs is 1. The average Bonchev–Trinajstić information content (AvgIpc) is 2.31. The molecule has 0 spiro atoms. The molecule has 0 aromatic heterocycles. The van der Waals surface area contributed by atoms with E-state index in [-0.39, 0.29) is 0 Å². The highest BCUT2D eigenvalue weighted by Gasteiger charge is 2.38. The number of nitrogens with zero attached hydrogens (tertiary/aromatic N) is 1. The second-order valence-corrected chi connectivity index (χ2v) is 5.61. The van der Waals surface area contributed by atoms with E-state index in [1.165, 1.54) is 32.1 Å². The van der Waals surface area contributed by atoms with Crippen molar-refractivity contribution in [3.8, 4) is 0 Å². The van der Waals surface area contributed by atoms with Crippen molar-refractivity contribution in [2.75, 3.05) is 6.54 Å². The first kappa shape index (κ1) is 9.47. The van der Waals surface area contributed by atoms with Crippen molar-refractivity contribution in [3.63, 3.8) is 0 Å². The van der Waals surface area contributed by atoms with Crippen LogP contribution in [0.5, 0.6) is 0 Å². The molecule has 0 amide bonds. The summed E-state index contributed by atoms with van der Waals surface area (Å²) >= 11 is 0. The largest absolute Gasteiger partial charge is 0.269 e. The molecule has 2 fully saturated rings. The molecule has 13 heavy (non-hydrogen) atoms. The van der Waals surface area contributed by atoms with Crippen molar-refractivity contribution in [1.82, 2.24) is 5.01 Å². The Morgan fingerprint density at radius 2 is 2.08 bits per heavy atom. The molecule has 2 unspecified atom stereocenters. The van der Waals surface area contributed by atoms with Crippen LogP contribution in [0.4, 0.5) is 0 Å². The Bertz CT molecular complexity index is 189. The molecule has 1 heterocycles. The minimum atomic E-state index is 0.515. The smallest absolute Gasteiger partial charge is 0.0274 e. The predicted molar refractivity (Wildman–Crippen MR) is 55.0 cm³/mol. The molecule has 1 aliphatic carbocycles. The van der Waals surface area contributed by atoms with Crippen molar-refractivity contribution < 1.29 is 0 Å². The molecule has 2 N–H and O–H groups in total. The summed E-state index contributed by atoms with van der Waals surface area (Å²) in [5, 5.41) is 2.09. The fourth-order valence-electron chi connectivity index (χ4n) is 3.08. The number of rotatable bonds is 0. The third-order valence-corrected chi connectivity index (χ3v) is 3.92. The molecule has 2 heteroatoms. The topological polar surface area (TPSA) is 29.3 Å². The zero-order valence-electron chi connectivity index (χ0n) is 8.92. The van der Waals surface area contributed by atoms with E-state index in [9.17, 15) is 0 Å². The SMILES string of the molecule is CC1(C)CCCC2CCN(N)C2C1. The van der Waals surface area contributed by atoms with Crippen molar-refractivity contribution >= 4 is 0 Å². The van der Waals surface area contributed by atoms with Crippen molar-refractivity contribution in [3.05, 3.63) is 0 Å². The first-order valence-electron chi connectivity index (χ1n) is 5.60. The second-order valence-electron chi connectivity index (χ2n) is 5.61. The summed E-state index contributed by atoms with van der Waals surface area (Å²) in [7, 11) is 0. The molecule has 0 aromatic carbocycles. The lowest BCUT2D eigenvalue weighted by atomic mass is 9.83. The second kappa shape index (κ2) is 3.25. The van der Waals surface area contributed by atoms with Gasteiger partial charge in [-0.3, -0.25) is 5.84 Å². The number of hydrogen-bond acceptors (Lipinski definition) is 2. The fraction of sp³-hybridized carbons (Fsp3) is 1.00. The van der Waals surface area contributed by atoms with E-state index in [0.29, 0.717) is 11.5 Å². The monoisotopic (exact) mass is 182 g/mol. The maximum absolute atomic E-state index is 6.01. The van der Waals surface area contributed by atoms with Crippen LogP contribution in [0.25, 0.3) is 0 Å². The highest BCUT2D eigenvalue weighted by molar-refractivity contribution is 4.91. The molecule has 1 aliphatic heterocycles. The quantitative estimate of drug-likeness (QED) is 0.582. The summed E-state index contributed by atoms with van der Waals surface area (Å²) in [6, 6.07) is 0.678. The molecule has 0 aromatic rings. The highest BCUT2D eigenvalue weighted by Crippen LogP contribution is 2.41. The van der Waals surface area contributed by atoms with Crippen LogP contribution < -0.4 is 5.84 Å². The Morgan fingerprint density at radius 1 is 1.31 bits per heavy atom. The van der Waals surface area contributed by atoms with E-state index in [0.717, 1.165) is 12.5 Å². The molecule has 0 bridgehead atoms. The van der Waals surface area contributed by atoms with Gasteiger partial charge in [0.05, 0.1) is 0 Å². The summed E-state index contributed by atoms with van der Waals surface area (Å²) in [5.74, 6) is 6.91. The molecule has 2 rings (SSSR count). The lowest BCUT2D eigenvalue weighted by Gasteiger charge is -2.30. The van der Waals surface area contributed by atoms with E-state index >= 15 is 0 Å².